The quantitative estimate of drug-likeness (QED) is 0.177. The van der Waals surface area contributed by atoms with Gasteiger partial charge >= 0.3 is 0 Å². The Balaban J connectivity index is 1.14. The molecule has 7 heteroatoms. The van der Waals surface area contributed by atoms with E-state index in [1.807, 2.05) is 42.5 Å². The zero-order chi connectivity index (χ0) is 40.5. The lowest BCUT2D eigenvalue weighted by molar-refractivity contribution is 0.668. The van der Waals surface area contributed by atoms with Crippen LogP contribution >= 0.6 is 11.3 Å². The van der Waals surface area contributed by atoms with Gasteiger partial charge in [0.15, 0.2) is 17.5 Å². The first-order chi connectivity index (χ1) is 30.7. The Morgan fingerprint density at radius 2 is 0.935 bits per heavy atom. The maximum atomic E-state index is 6.65. The Morgan fingerprint density at radius 1 is 0.355 bits per heavy atom. The van der Waals surface area contributed by atoms with Crippen molar-refractivity contribution < 1.29 is 8.83 Å². The van der Waals surface area contributed by atoms with Crippen LogP contribution in [0.5, 0.6) is 0 Å². The number of hydrogen-bond donors (Lipinski definition) is 0. The third-order valence-electron chi connectivity index (χ3n) is 12.4. The largest absolute Gasteiger partial charge is 0.456 e. The maximum absolute atomic E-state index is 6.65. The molecule has 0 fully saturated rings. The van der Waals surface area contributed by atoms with Gasteiger partial charge < -0.3 is 13.4 Å². The van der Waals surface area contributed by atoms with Gasteiger partial charge in [-0.1, -0.05) is 121 Å². The van der Waals surface area contributed by atoms with E-state index in [-0.39, 0.29) is 0 Å². The van der Waals surface area contributed by atoms with E-state index in [4.69, 9.17) is 23.8 Å². The molecular weight excluding hydrogens is 781 g/mol. The molecule has 0 radical (unpaired) electrons. The van der Waals surface area contributed by atoms with Crippen molar-refractivity contribution in [1.82, 2.24) is 19.5 Å². The molecule has 0 atom stereocenters. The first-order valence-corrected chi connectivity index (χ1v) is 21.5. The fourth-order valence-electron chi connectivity index (χ4n) is 9.70. The molecule has 0 aliphatic rings. The summed E-state index contributed by atoms with van der Waals surface area (Å²) in [6.07, 6.45) is 0. The van der Waals surface area contributed by atoms with Crippen LogP contribution in [0.1, 0.15) is 0 Å². The van der Waals surface area contributed by atoms with Crippen LogP contribution in [0.3, 0.4) is 0 Å². The zero-order valence-electron chi connectivity index (χ0n) is 32.8. The normalized spacial score (nSPS) is 12.2. The second-order valence-electron chi connectivity index (χ2n) is 15.9. The van der Waals surface area contributed by atoms with Crippen LogP contribution in [0.15, 0.2) is 191 Å². The first-order valence-electron chi connectivity index (χ1n) is 20.7. The molecule has 288 valence electrons. The Bertz CT molecular complexity index is 4060. The minimum atomic E-state index is 0.537. The predicted octanol–water partition coefficient (Wildman–Crippen LogP) is 15.3. The molecule has 0 saturated carbocycles. The highest BCUT2D eigenvalue weighted by atomic mass is 32.1. The highest BCUT2D eigenvalue weighted by Crippen LogP contribution is 2.44. The number of thiophene rings is 1. The Kier molecular flexibility index (Phi) is 6.89. The van der Waals surface area contributed by atoms with Gasteiger partial charge in [0.05, 0.1) is 16.7 Å². The monoisotopic (exact) mass is 810 g/mol. The van der Waals surface area contributed by atoms with Crippen LogP contribution < -0.4 is 0 Å². The Morgan fingerprint density at radius 3 is 1.76 bits per heavy atom. The highest BCUT2D eigenvalue weighted by molar-refractivity contribution is 7.25. The minimum Gasteiger partial charge on any atom is -0.456 e. The third kappa shape index (κ3) is 4.82. The van der Waals surface area contributed by atoms with Crippen molar-refractivity contribution in [2.75, 3.05) is 0 Å². The predicted molar refractivity (Wildman–Crippen MR) is 255 cm³/mol. The molecule has 5 heterocycles. The summed E-state index contributed by atoms with van der Waals surface area (Å²) in [5.41, 5.74) is 8.94. The van der Waals surface area contributed by atoms with Gasteiger partial charge in [-0.2, -0.15) is 0 Å². The molecule has 14 rings (SSSR count). The molecule has 5 aromatic heterocycles. The molecule has 14 aromatic rings. The topological polar surface area (TPSA) is 69.9 Å². The summed E-state index contributed by atoms with van der Waals surface area (Å²) in [5, 5.41) is 11.1. The second kappa shape index (κ2) is 12.7. The van der Waals surface area contributed by atoms with Crippen LogP contribution in [0.25, 0.3) is 136 Å². The number of aromatic nitrogens is 4. The van der Waals surface area contributed by atoms with Gasteiger partial charge in [-0.05, 0) is 71.4 Å². The lowest BCUT2D eigenvalue weighted by atomic mass is 10.0. The molecule has 0 spiro atoms. The molecule has 62 heavy (non-hydrogen) atoms. The third-order valence-corrected chi connectivity index (χ3v) is 13.6. The second-order valence-corrected chi connectivity index (χ2v) is 17.0. The van der Waals surface area contributed by atoms with E-state index in [0.717, 1.165) is 82.7 Å². The van der Waals surface area contributed by atoms with E-state index in [2.05, 4.69) is 144 Å². The molecule has 0 aliphatic carbocycles. The number of hydrogen-bond acceptors (Lipinski definition) is 6. The lowest BCUT2D eigenvalue weighted by Crippen LogP contribution is -2.04. The molecule has 0 amide bonds. The average molecular weight is 811 g/mol. The van der Waals surface area contributed by atoms with Gasteiger partial charge in [0.1, 0.15) is 22.3 Å². The van der Waals surface area contributed by atoms with Gasteiger partial charge in [0.2, 0.25) is 0 Å². The van der Waals surface area contributed by atoms with Gasteiger partial charge in [-0.15, -0.1) is 11.3 Å². The van der Waals surface area contributed by atoms with Gasteiger partial charge in [-0.25, -0.2) is 15.0 Å². The van der Waals surface area contributed by atoms with E-state index in [0.29, 0.717) is 17.5 Å². The zero-order valence-corrected chi connectivity index (χ0v) is 33.7. The van der Waals surface area contributed by atoms with E-state index in [1.54, 1.807) is 11.3 Å². The summed E-state index contributed by atoms with van der Waals surface area (Å²) in [6.45, 7) is 0. The van der Waals surface area contributed by atoms with Crippen molar-refractivity contribution in [2.24, 2.45) is 0 Å². The van der Waals surface area contributed by atoms with Crippen LogP contribution in [-0.4, -0.2) is 19.5 Å². The summed E-state index contributed by atoms with van der Waals surface area (Å²) < 4.78 is 17.8. The standard InChI is InChI=1S/C55H30N4O2S/c1-2-14-32-28-43-39(27-31(32)13-1)33-15-3-7-21-42(33)59(43)44-29-40-34-16-4-8-22-45(34)61-48(40)30-41(44)55-57-53(37-19-11-24-47-51(37)35-17-5-9-23-46(35)60-47)56-54(58-55)38-20-12-26-50-52(38)36-18-6-10-25-49(36)62-50/h1-30H. The highest BCUT2D eigenvalue weighted by Gasteiger charge is 2.24. The van der Waals surface area contributed by atoms with E-state index in [1.165, 1.54) is 36.3 Å². The van der Waals surface area contributed by atoms with Crippen molar-refractivity contribution in [2.45, 2.75) is 0 Å². The molecule has 6 nitrogen and oxygen atoms in total. The van der Waals surface area contributed by atoms with Gasteiger partial charge in [-0.3, -0.25) is 0 Å². The molecule has 0 bridgehead atoms. The summed E-state index contributed by atoms with van der Waals surface area (Å²) in [7, 11) is 0. The van der Waals surface area contributed by atoms with Crippen molar-refractivity contribution in [3.8, 4) is 39.9 Å². The summed E-state index contributed by atoms with van der Waals surface area (Å²) in [4.78, 5) is 16.4. The summed E-state index contributed by atoms with van der Waals surface area (Å²) in [6, 6.07) is 63.8. The number of rotatable bonds is 4. The Labute approximate surface area is 356 Å². The molecule has 0 saturated heterocycles. The van der Waals surface area contributed by atoms with Gasteiger partial charge in [0.25, 0.3) is 0 Å². The molecule has 0 aliphatic heterocycles. The van der Waals surface area contributed by atoms with Crippen LogP contribution in [0.2, 0.25) is 0 Å². The van der Waals surface area contributed by atoms with Crippen LogP contribution in [-0.2, 0) is 0 Å². The van der Waals surface area contributed by atoms with Crippen molar-refractivity contribution >= 4 is 108 Å². The summed E-state index contributed by atoms with van der Waals surface area (Å²) >= 11 is 1.78. The van der Waals surface area contributed by atoms with E-state index >= 15 is 0 Å². The average Bonchev–Trinajstić information content (AvgIpc) is 4.09. The van der Waals surface area contributed by atoms with Gasteiger partial charge in [0, 0.05) is 69.2 Å². The van der Waals surface area contributed by atoms with Crippen LogP contribution in [0.4, 0.5) is 0 Å². The maximum Gasteiger partial charge on any atom is 0.166 e. The fourth-order valence-corrected chi connectivity index (χ4v) is 10.8. The molecule has 0 unspecified atom stereocenters. The number of furan rings is 2. The smallest absolute Gasteiger partial charge is 0.166 e. The minimum absolute atomic E-state index is 0.537. The number of fused-ring (bicyclic) bond motifs is 13. The lowest BCUT2D eigenvalue weighted by Gasteiger charge is -2.16. The Hall–Kier alpha value is -8.13. The van der Waals surface area contributed by atoms with Crippen LogP contribution in [0, 0.1) is 0 Å². The number of nitrogens with zero attached hydrogens (tertiary/aromatic N) is 4. The number of benzene rings is 9. The van der Waals surface area contributed by atoms with E-state index in [9.17, 15) is 0 Å². The summed E-state index contributed by atoms with van der Waals surface area (Å²) in [5.74, 6) is 1.69. The first kappa shape index (κ1) is 33.7. The van der Waals surface area contributed by atoms with Crippen molar-refractivity contribution in [3.05, 3.63) is 182 Å². The molecule has 0 N–H and O–H groups in total. The molecule has 9 aromatic carbocycles. The van der Waals surface area contributed by atoms with E-state index < -0.39 is 0 Å². The molecular formula is C55H30N4O2S. The number of para-hydroxylation sites is 3. The SMILES string of the molecule is c1ccc2cc3c(cc2c1)c1ccccc1n3-c1cc2c(cc1-c1nc(-c3cccc4oc5ccccc5c34)nc(-c3cccc4sc5ccccc5c34)n1)oc1ccccc12. The van der Waals surface area contributed by atoms with Crippen molar-refractivity contribution in [1.29, 1.82) is 0 Å². The fraction of sp³-hybridized carbons (Fsp3) is 0. The van der Waals surface area contributed by atoms with Crippen molar-refractivity contribution in [3.63, 3.8) is 0 Å².